The van der Waals surface area contributed by atoms with Gasteiger partial charge in [0, 0.05) is 24.2 Å². The van der Waals surface area contributed by atoms with Crippen molar-refractivity contribution in [3.63, 3.8) is 0 Å². The van der Waals surface area contributed by atoms with E-state index in [1.807, 2.05) is 18.2 Å². The lowest BCUT2D eigenvalue weighted by Crippen LogP contribution is -2.33. The molecule has 0 aliphatic carbocycles. The van der Waals surface area contributed by atoms with Crippen LogP contribution >= 0.6 is 0 Å². The Morgan fingerprint density at radius 1 is 1.17 bits per heavy atom. The lowest BCUT2D eigenvalue weighted by molar-refractivity contribution is 0.437. The van der Waals surface area contributed by atoms with Gasteiger partial charge in [-0.25, -0.2) is 4.98 Å². The second kappa shape index (κ2) is 4.48. The fourth-order valence-electron chi connectivity index (χ4n) is 2.55. The van der Waals surface area contributed by atoms with Gasteiger partial charge in [-0.1, -0.05) is 6.92 Å². The van der Waals surface area contributed by atoms with Crippen molar-refractivity contribution in [1.29, 1.82) is 0 Å². The van der Waals surface area contributed by atoms with Crippen LogP contribution in [-0.4, -0.2) is 18.1 Å². The molecule has 0 bridgehead atoms. The normalized spacial score (nSPS) is 17.3. The van der Waals surface area contributed by atoms with Crippen LogP contribution < -0.4 is 10.6 Å². The van der Waals surface area contributed by atoms with E-state index in [2.05, 4.69) is 24.0 Å². The quantitative estimate of drug-likeness (QED) is 0.780. The molecular formula is C15H19N3. The largest absolute Gasteiger partial charge is 0.399 e. The predicted molar refractivity (Wildman–Crippen MR) is 76.8 cm³/mol. The highest BCUT2D eigenvalue weighted by atomic mass is 15.2. The fourth-order valence-corrected chi connectivity index (χ4v) is 2.55. The van der Waals surface area contributed by atoms with Gasteiger partial charge in [-0.05, 0) is 49.1 Å². The molecule has 1 aromatic heterocycles. The average molecular weight is 241 g/mol. The van der Waals surface area contributed by atoms with E-state index in [1.165, 1.54) is 12.8 Å². The number of hydrogen-bond donors (Lipinski definition) is 1. The second-order valence-corrected chi connectivity index (χ2v) is 5.29. The molecular weight excluding hydrogens is 222 g/mol. The van der Waals surface area contributed by atoms with Crippen LogP contribution in [0.2, 0.25) is 0 Å². The van der Waals surface area contributed by atoms with E-state index in [0.717, 1.165) is 41.4 Å². The molecule has 0 radical (unpaired) electrons. The fraction of sp³-hybridized carbons (Fsp3) is 0.400. The number of rotatable bonds is 1. The average Bonchev–Trinajstić information content (AvgIpc) is 2.39. The summed E-state index contributed by atoms with van der Waals surface area (Å²) >= 11 is 0. The monoisotopic (exact) mass is 241 g/mol. The number of piperidine rings is 1. The minimum absolute atomic E-state index is 0.795. The lowest BCUT2D eigenvalue weighted by Gasteiger charge is -2.31. The van der Waals surface area contributed by atoms with Crippen LogP contribution in [0.15, 0.2) is 30.3 Å². The van der Waals surface area contributed by atoms with E-state index >= 15 is 0 Å². The highest BCUT2D eigenvalue weighted by Gasteiger charge is 2.16. The van der Waals surface area contributed by atoms with Gasteiger partial charge >= 0.3 is 0 Å². The molecule has 1 aliphatic rings. The Kier molecular flexibility index (Phi) is 2.82. The van der Waals surface area contributed by atoms with Crippen molar-refractivity contribution < 1.29 is 0 Å². The maximum absolute atomic E-state index is 5.78. The highest BCUT2D eigenvalue weighted by molar-refractivity contribution is 5.83. The summed E-state index contributed by atoms with van der Waals surface area (Å²) in [7, 11) is 0. The van der Waals surface area contributed by atoms with Crippen LogP contribution in [-0.2, 0) is 0 Å². The first-order valence-corrected chi connectivity index (χ1v) is 6.63. The molecule has 3 nitrogen and oxygen atoms in total. The predicted octanol–water partition coefficient (Wildman–Crippen LogP) is 3.05. The van der Waals surface area contributed by atoms with E-state index in [9.17, 15) is 0 Å². The summed E-state index contributed by atoms with van der Waals surface area (Å²) in [5.41, 5.74) is 7.61. The summed E-state index contributed by atoms with van der Waals surface area (Å²) in [5.74, 6) is 1.95. The molecule has 0 spiro atoms. The molecule has 2 aromatic rings. The maximum Gasteiger partial charge on any atom is 0.129 e. The summed E-state index contributed by atoms with van der Waals surface area (Å²) in [6.07, 6.45) is 2.53. The van der Waals surface area contributed by atoms with Gasteiger partial charge in [0.1, 0.15) is 5.82 Å². The van der Waals surface area contributed by atoms with Crippen molar-refractivity contribution in [2.24, 2.45) is 5.92 Å². The molecule has 1 saturated heterocycles. The molecule has 3 rings (SSSR count). The van der Waals surface area contributed by atoms with Gasteiger partial charge in [0.2, 0.25) is 0 Å². The second-order valence-electron chi connectivity index (χ2n) is 5.29. The van der Waals surface area contributed by atoms with Gasteiger partial charge < -0.3 is 10.6 Å². The van der Waals surface area contributed by atoms with Gasteiger partial charge in [-0.15, -0.1) is 0 Å². The minimum Gasteiger partial charge on any atom is -0.399 e. The number of benzene rings is 1. The van der Waals surface area contributed by atoms with Gasteiger partial charge in [0.25, 0.3) is 0 Å². The zero-order valence-electron chi connectivity index (χ0n) is 10.8. The Morgan fingerprint density at radius 2 is 1.94 bits per heavy atom. The number of fused-ring (bicyclic) bond motifs is 1. The molecule has 1 fully saturated rings. The van der Waals surface area contributed by atoms with Crippen LogP contribution in [0.1, 0.15) is 19.8 Å². The number of aromatic nitrogens is 1. The lowest BCUT2D eigenvalue weighted by atomic mass is 9.99. The van der Waals surface area contributed by atoms with E-state index in [4.69, 9.17) is 10.7 Å². The van der Waals surface area contributed by atoms with Crippen molar-refractivity contribution in [2.45, 2.75) is 19.8 Å². The van der Waals surface area contributed by atoms with Crippen molar-refractivity contribution in [3.8, 4) is 0 Å². The number of hydrogen-bond acceptors (Lipinski definition) is 3. The molecule has 0 unspecified atom stereocenters. The zero-order valence-corrected chi connectivity index (χ0v) is 10.8. The zero-order chi connectivity index (χ0) is 12.5. The Morgan fingerprint density at radius 3 is 2.72 bits per heavy atom. The topological polar surface area (TPSA) is 42.1 Å². The number of nitrogens with zero attached hydrogens (tertiary/aromatic N) is 2. The Bertz CT molecular complexity index is 557. The van der Waals surface area contributed by atoms with Crippen molar-refractivity contribution in [2.75, 3.05) is 23.7 Å². The molecule has 94 valence electrons. The third kappa shape index (κ3) is 2.13. The maximum atomic E-state index is 5.78. The molecule has 1 aliphatic heterocycles. The molecule has 18 heavy (non-hydrogen) atoms. The third-order valence-electron chi connectivity index (χ3n) is 3.81. The summed E-state index contributed by atoms with van der Waals surface area (Å²) < 4.78 is 0. The smallest absolute Gasteiger partial charge is 0.129 e. The van der Waals surface area contributed by atoms with E-state index < -0.39 is 0 Å². The highest BCUT2D eigenvalue weighted by Crippen LogP contribution is 2.24. The van der Waals surface area contributed by atoms with Crippen LogP contribution in [0.5, 0.6) is 0 Å². The first-order chi connectivity index (χ1) is 8.72. The van der Waals surface area contributed by atoms with E-state index in [0.29, 0.717) is 0 Å². The van der Waals surface area contributed by atoms with Gasteiger partial charge in [0.15, 0.2) is 0 Å². The number of nitrogens with two attached hydrogens (primary N) is 1. The molecule has 2 N–H and O–H groups in total. The summed E-state index contributed by atoms with van der Waals surface area (Å²) in [6.45, 7) is 4.57. The van der Waals surface area contributed by atoms with Crippen molar-refractivity contribution >= 4 is 22.4 Å². The van der Waals surface area contributed by atoms with Gasteiger partial charge in [-0.2, -0.15) is 0 Å². The first kappa shape index (κ1) is 11.3. The van der Waals surface area contributed by atoms with E-state index in [1.54, 1.807) is 0 Å². The van der Waals surface area contributed by atoms with Crippen LogP contribution in [0.3, 0.4) is 0 Å². The number of anilines is 2. The molecule has 0 saturated carbocycles. The molecule has 1 aromatic carbocycles. The molecule has 2 heterocycles. The number of pyridine rings is 1. The molecule has 0 atom stereocenters. The van der Waals surface area contributed by atoms with Crippen LogP contribution in [0.4, 0.5) is 11.5 Å². The minimum atomic E-state index is 0.795. The van der Waals surface area contributed by atoms with Crippen LogP contribution in [0, 0.1) is 5.92 Å². The van der Waals surface area contributed by atoms with Crippen LogP contribution in [0.25, 0.3) is 10.9 Å². The standard InChI is InChI=1S/C15H19N3/c1-11-6-8-18(9-7-11)15-5-2-12-10-13(16)3-4-14(12)17-15/h2-5,10-11H,6-9,16H2,1H3. The Labute approximate surface area is 108 Å². The molecule has 0 amide bonds. The summed E-state index contributed by atoms with van der Waals surface area (Å²) in [5, 5.41) is 1.11. The third-order valence-corrected chi connectivity index (χ3v) is 3.81. The first-order valence-electron chi connectivity index (χ1n) is 6.63. The van der Waals surface area contributed by atoms with Gasteiger partial charge in [0.05, 0.1) is 5.52 Å². The number of nitrogen functional groups attached to an aromatic ring is 1. The Hall–Kier alpha value is -1.77. The summed E-state index contributed by atoms with van der Waals surface area (Å²) in [6, 6.07) is 10.1. The van der Waals surface area contributed by atoms with Crippen molar-refractivity contribution in [3.05, 3.63) is 30.3 Å². The SMILES string of the molecule is CC1CCN(c2ccc3cc(N)ccc3n2)CC1. The summed E-state index contributed by atoms with van der Waals surface area (Å²) in [4.78, 5) is 7.12. The van der Waals surface area contributed by atoms with Crippen molar-refractivity contribution in [1.82, 2.24) is 4.98 Å². The van der Waals surface area contributed by atoms with E-state index in [-0.39, 0.29) is 0 Å². The molecule has 3 heteroatoms. The Balaban J connectivity index is 1.91. The van der Waals surface area contributed by atoms with Gasteiger partial charge in [-0.3, -0.25) is 0 Å².